The van der Waals surface area contributed by atoms with Crippen LogP contribution in [-0.4, -0.2) is 27.2 Å². The van der Waals surface area contributed by atoms with Gasteiger partial charge in [-0.25, -0.2) is 4.39 Å². The second kappa shape index (κ2) is 7.25. The van der Waals surface area contributed by atoms with Crippen molar-refractivity contribution in [2.24, 2.45) is 7.05 Å². The largest absolute Gasteiger partial charge is 0.351 e. The maximum atomic E-state index is 13.8. The van der Waals surface area contributed by atoms with Crippen LogP contribution in [-0.2, 0) is 13.5 Å². The van der Waals surface area contributed by atoms with Gasteiger partial charge in [-0.15, -0.1) is 10.2 Å². The molecule has 0 saturated carbocycles. The van der Waals surface area contributed by atoms with Gasteiger partial charge in [-0.1, -0.05) is 36.4 Å². The van der Waals surface area contributed by atoms with Crippen LogP contribution in [0, 0.1) is 12.7 Å². The van der Waals surface area contributed by atoms with E-state index in [9.17, 15) is 9.18 Å². The Morgan fingerprint density at radius 3 is 2.64 bits per heavy atom. The lowest BCUT2D eigenvalue weighted by atomic mass is 10.1. The number of hydrogen-bond donors (Lipinski definition) is 1. The molecule has 5 nitrogen and oxygen atoms in total. The van der Waals surface area contributed by atoms with E-state index in [0.29, 0.717) is 13.0 Å². The van der Waals surface area contributed by atoms with Gasteiger partial charge in [0.2, 0.25) is 0 Å². The Morgan fingerprint density at radius 1 is 1.16 bits per heavy atom. The molecule has 1 heterocycles. The zero-order chi connectivity index (χ0) is 17.8. The summed E-state index contributed by atoms with van der Waals surface area (Å²) in [6.07, 6.45) is 0.509. The first kappa shape index (κ1) is 16.8. The summed E-state index contributed by atoms with van der Waals surface area (Å²) < 4.78 is 15.7. The van der Waals surface area contributed by atoms with E-state index in [-0.39, 0.29) is 5.56 Å². The van der Waals surface area contributed by atoms with Crippen molar-refractivity contribution in [3.8, 4) is 11.4 Å². The molecule has 0 aliphatic carbocycles. The minimum atomic E-state index is -0.512. The standard InChI is InChI=1S/C19H19FN4O/c1-13-8-9-15(16(20)12-13)19(25)21-11-10-17-22-23-18(24(17)2)14-6-4-3-5-7-14/h3-9,12H,10-11H2,1-2H3,(H,21,25). The number of nitrogens with one attached hydrogen (secondary N) is 1. The molecule has 0 saturated heterocycles. The van der Waals surface area contributed by atoms with E-state index in [0.717, 1.165) is 22.8 Å². The Bertz CT molecular complexity index is 890. The predicted octanol–water partition coefficient (Wildman–Crippen LogP) is 2.90. The second-order valence-corrected chi connectivity index (χ2v) is 5.85. The predicted molar refractivity (Wildman–Crippen MR) is 93.6 cm³/mol. The maximum Gasteiger partial charge on any atom is 0.254 e. The summed E-state index contributed by atoms with van der Waals surface area (Å²) >= 11 is 0. The van der Waals surface area contributed by atoms with Crippen LogP contribution < -0.4 is 5.32 Å². The zero-order valence-electron chi connectivity index (χ0n) is 14.2. The summed E-state index contributed by atoms with van der Waals surface area (Å²) in [4.78, 5) is 12.1. The van der Waals surface area contributed by atoms with E-state index < -0.39 is 11.7 Å². The molecule has 128 valence electrons. The fraction of sp³-hybridized carbons (Fsp3) is 0.211. The number of benzene rings is 2. The lowest BCUT2D eigenvalue weighted by Gasteiger charge is -2.07. The molecule has 0 aliphatic rings. The number of aromatic nitrogens is 3. The van der Waals surface area contributed by atoms with Crippen molar-refractivity contribution < 1.29 is 9.18 Å². The van der Waals surface area contributed by atoms with Gasteiger partial charge < -0.3 is 9.88 Å². The highest BCUT2D eigenvalue weighted by molar-refractivity contribution is 5.94. The molecule has 0 spiro atoms. The second-order valence-electron chi connectivity index (χ2n) is 5.85. The number of amides is 1. The molecule has 25 heavy (non-hydrogen) atoms. The average Bonchev–Trinajstić information content (AvgIpc) is 2.96. The summed E-state index contributed by atoms with van der Waals surface area (Å²) in [5.41, 5.74) is 1.81. The van der Waals surface area contributed by atoms with Crippen molar-refractivity contribution in [3.63, 3.8) is 0 Å². The van der Waals surface area contributed by atoms with Crippen LogP contribution in [0.4, 0.5) is 4.39 Å². The number of hydrogen-bond acceptors (Lipinski definition) is 3. The third-order valence-electron chi connectivity index (χ3n) is 4.00. The maximum absolute atomic E-state index is 13.8. The van der Waals surface area contributed by atoms with Crippen LogP contribution in [0.25, 0.3) is 11.4 Å². The van der Waals surface area contributed by atoms with Crippen LogP contribution >= 0.6 is 0 Å². The van der Waals surface area contributed by atoms with Crippen LogP contribution in [0.15, 0.2) is 48.5 Å². The molecule has 0 bridgehead atoms. The van der Waals surface area contributed by atoms with Gasteiger partial charge >= 0.3 is 0 Å². The van der Waals surface area contributed by atoms with Gasteiger partial charge in [0.1, 0.15) is 11.6 Å². The molecule has 0 unspecified atom stereocenters. The molecule has 1 N–H and O–H groups in total. The Labute approximate surface area is 145 Å². The molecule has 0 radical (unpaired) electrons. The Balaban J connectivity index is 1.63. The molecule has 3 rings (SSSR count). The normalized spacial score (nSPS) is 10.7. The van der Waals surface area contributed by atoms with Gasteiger partial charge in [0.05, 0.1) is 5.56 Å². The monoisotopic (exact) mass is 338 g/mol. The highest BCUT2D eigenvalue weighted by atomic mass is 19.1. The minimum absolute atomic E-state index is 0.0496. The minimum Gasteiger partial charge on any atom is -0.351 e. The fourth-order valence-electron chi connectivity index (χ4n) is 2.61. The highest BCUT2D eigenvalue weighted by Gasteiger charge is 2.13. The first-order valence-corrected chi connectivity index (χ1v) is 8.04. The van der Waals surface area contributed by atoms with Gasteiger partial charge in [0, 0.05) is 25.6 Å². The van der Waals surface area contributed by atoms with Crippen molar-refractivity contribution >= 4 is 5.91 Å². The summed E-state index contributed by atoms with van der Waals surface area (Å²) in [6, 6.07) is 14.3. The van der Waals surface area contributed by atoms with E-state index in [4.69, 9.17) is 0 Å². The number of rotatable bonds is 5. The SMILES string of the molecule is Cc1ccc(C(=O)NCCc2nnc(-c3ccccc3)n2C)c(F)c1. The van der Waals surface area contributed by atoms with Crippen LogP contribution in [0.1, 0.15) is 21.7 Å². The lowest BCUT2D eigenvalue weighted by molar-refractivity contribution is 0.0950. The van der Waals surface area contributed by atoms with E-state index in [1.807, 2.05) is 41.9 Å². The van der Waals surface area contributed by atoms with Crippen molar-refractivity contribution in [1.29, 1.82) is 0 Å². The summed E-state index contributed by atoms with van der Waals surface area (Å²) in [6.45, 7) is 2.13. The fourth-order valence-corrected chi connectivity index (χ4v) is 2.61. The van der Waals surface area contributed by atoms with E-state index in [1.165, 1.54) is 12.1 Å². The molecule has 3 aromatic rings. The highest BCUT2D eigenvalue weighted by Crippen LogP contribution is 2.16. The Kier molecular flexibility index (Phi) is 4.88. The molecule has 1 aromatic heterocycles. The number of halogens is 1. The van der Waals surface area contributed by atoms with E-state index in [2.05, 4.69) is 15.5 Å². The average molecular weight is 338 g/mol. The smallest absolute Gasteiger partial charge is 0.254 e. The van der Waals surface area contributed by atoms with Gasteiger partial charge in [-0.05, 0) is 24.6 Å². The zero-order valence-corrected chi connectivity index (χ0v) is 14.2. The Morgan fingerprint density at radius 2 is 1.92 bits per heavy atom. The molecule has 1 amide bonds. The molecular formula is C19H19FN4O. The van der Waals surface area contributed by atoms with Gasteiger partial charge in [0.25, 0.3) is 5.91 Å². The lowest BCUT2D eigenvalue weighted by Crippen LogP contribution is -2.27. The number of carbonyl (C=O) groups is 1. The molecule has 0 aliphatic heterocycles. The number of nitrogens with zero attached hydrogens (tertiary/aromatic N) is 3. The third kappa shape index (κ3) is 3.74. The molecule has 6 heteroatoms. The molecule has 2 aromatic carbocycles. The topological polar surface area (TPSA) is 59.8 Å². The Hall–Kier alpha value is -3.02. The van der Waals surface area contributed by atoms with E-state index >= 15 is 0 Å². The first-order chi connectivity index (χ1) is 12.1. The summed E-state index contributed by atoms with van der Waals surface area (Å²) in [7, 11) is 1.89. The summed E-state index contributed by atoms with van der Waals surface area (Å²) in [5.74, 6) is 0.584. The number of aryl methyl sites for hydroxylation is 1. The van der Waals surface area contributed by atoms with Crippen molar-refractivity contribution in [2.45, 2.75) is 13.3 Å². The van der Waals surface area contributed by atoms with Crippen LogP contribution in [0.2, 0.25) is 0 Å². The van der Waals surface area contributed by atoms with Gasteiger partial charge in [0.15, 0.2) is 5.82 Å². The molecule has 0 fully saturated rings. The van der Waals surface area contributed by atoms with Gasteiger partial charge in [-0.3, -0.25) is 4.79 Å². The third-order valence-corrected chi connectivity index (χ3v) is 4.00. The van der Waals surface area contributed by atoms with Crippen molar-refractivity contribution in [2.75, 3.05) is 6.54 Å². The quantitative estimate of drug-likeness (QED) is 0.778. The van der Waals surface area contributed by atoms with Crippen molar-refractivity contribution in [1.82, 2.24) is 20.1 Å². The van der Waals surface area contributed by atoms with Crippen molar-refractivity contribution in [3.05, 3.63) is 71.3 Å². The first-order valence-electron chi connectivity index (χ1n) is 8.04. The molecule has 0 atom stereocenters. The summed E-state index contributed by atoms with van der Waals surface area (Å²) in [5, 5.41) is 11.1. The van der Waals surface area contributed by atoms with E-state index in [1.54, 1.807) is 13.0 Å². The van der Waals surface area contributed by atoms with Gasteiger partial charge in [-0.2, -0.15) is 0 Å². The van der Waals surface area contributed by atoms with Crippen LogP contribution in [0.5, 0.6) is 0 Å². The number of carbonyl (C=O) groups excluding carboxylic acids is 1. The molecular weight excluding hydrogens is 319 g/mol. The van der Waals surface area contributed by atoms with Crippen LogP contribution in [0.3, 0.4) is 0 Å².